The summed E-state index contributed by atoms with van der Waals surface area (Å²) in [6.07, 6.45) is 0. The van der Waals surface area contributed by atoms with Crippen molar-refractivity contribution in [3.63, 3.8) is 0 Å². The molecule has 0 bridgehead atoms. The van der Waals surface area contributed by atoms with Gasteiger partial charge >= 0.3 is 0 Å². The van der Waals surface area contributed by atoms with Gasteiger partial charge in [0.05, 0.1) is 6.04 Å². The van der Waals surface area contributed by atoms with Crippen LogP contribution < -0.4 is 4.90 Å². The lowest BCUT2D eigenvalue weighted by atomic mass is 9.85. The minimum absolute atomic E-state index is 0.359. The summed E-state index contributed by atoms with van der Waals surface area (Å²) >= 11 is 0. The molecule has 2 aromatic carbocycles. The van der Waals surface area contributed by atoms with Gasteiger partial charge in [0.25, 0.3) is 0 Å². The van der Waals surface area contributed by atoms with Crippen LogP contribution in [-0.2, 0) is 0 Å². The third-order valence-electron chi connectivity index (χ3n) is 5.08. The molecule has 0 radical (unpaired) electrons. The van der Waals surface area contributed by atoms with Crippen molar-refractivity contribution in [3.05, 3.63) is 78.4 Å². The van der Waals surface area contributed by atoms with E-state index in [-0.39, 0.29) is 0 Å². The van der Waals surface area contributed by atoms with Gasteiger partial charge < -0.3 is 4.90 Å². The minimum atomic E-state index is 0.359. The molecule has 26 heavy (non-hydrogen) atoms. The molecule has 5 nitrogen and oxygen atoms in total. The third-order valence-corrected chi connectivity index (χ3v) is 5.08. The Balaban J connectivity index is 1.56. The van der Waals surface area contributed by atoms with Crippen molar-refractivity contribution in [3.8, 4) is 11.4 Å². The summed E-state index contributed by atoms with van der Waals surface area (Å²) in [4.78, 5) is 2.36. The molecule has 0 saturated carbocycles. The van der Waals surface area contributed by atoms with Gasteiger partial charge in [-0.3, -0.25) is 0 Å². The van der Waals surface area contributed by atoms with E-state index in [2.05, 4.69) is 52.4 Å². The number of rotatable bonds is 3. The van der Waals surface area contributed by atoms with E-state index >= 15 is 0 Å². The maximum atomic E-state index is 4.86. The Morgan fingerprint density at radius 1 is 0.846 bits per heavy atom. The second-order valence-electron chi connectivity index (χ2n) is 6.84. The zero-order chi connectivity index (χ0) is 17.5. The van der Waals surface area contributed by atoms with Crippen molar-refractivity contribution >= 4 is 11.5 Å². The Hall–Kier alpha value is -3.21. The lowest BCUT2D eigenvalue weighted by molar-refractivity contribution is 0.321. The Kier molecular flexibility index (Phi) is 3.45. The van der Waals surface area contributed by atoms with Gasteiger partial charge in [0.1, 0.15) is 5.82 Å². The quantitative estimate of drug-likeness (QED) is 0.565. The molecule has 5 rings (SSSR count). The van der Waals surface area contributed by atoms with E-state index in [9.17, 15) is 0 Å². The normalized spacial score (nSPS) is 19.5. The standard InChI is InChI=1S/C21H19N5/c1-15-14-25(20(15)16-8-4-2-5-9-16)19-13-12-18-22-23-21(26(18)24-19)17-10-6-3-7-11-17/h2-13,15,20H,14H2,1H3/t15-,20+/m0/s1. The van der Waals surface area contributed by atoms with Crippen LogP contribution in [0, 0.1) is 5.92 Å². The predicted octanol–water partition coefficient (Wildman–Crippen LogP) is 3.99. The molecule has 0 N–H and O–H groups in total. The fourth-order valence-electron chi connectivity index (χ4n) is 3.79. The van der Waals surface area contributed by atoms with E-state index in [0.29, 0.717) is 12.0 Å². The van der Waals surface area contributed by atoms with Gasteiger partial charge in [0.15, 0.2) is 11.5 Å². The zero-order valence-corrected chi connectivity index (χ0v) is 14.5. The SMILES string of the molecule is C[C@H]1CN(c2ccc3nnc(-c4ccccc4)n3n2)[C@H]1c1ccccc1. The van der Waals surface area contributed by atoms with Gasteiger partial charge in [0.2, 0.25) is 0 Å². The Labute approximate surface area is 151 Å². The van der Waals surface area contributed by atoms with Crippen molar-refractivity contribution in [1.29, 1.82) is 0 Å². The Bertz CT molecular complexity index is 1040. The number of nitrogens with zero attached hydrogens (tertiary/aromatic N) is 5. The van der Waals surface area contributed by atoms with E-state index in [1.165, 1.54) is 5.56 Å². The summed E-state index contributed by atoms with van der Waals surface area (Å²) in [5, 5.41) is 13.5. The summed E-state index contributed by atoms with van der Waals surface area (Å²) in [6, 6.07) is 25.1. The zero-order valence-electron chi connectivity index (χ0n) is 14.5. The van der Waals surface area contributed by atoms with E-state index in [1.807, 2.05) is 47.0 Å². The Morgan fingerprint density at radius 3 is 2.31 bits per heavy atom. The highest BCUT2D eigenvalue weighted by Gasteiger charge is 2.37. The fraction of sp³-hybridized carbons (Fsp3) is 0.190. The maximum absolute atomic E-state index is 4.86. The minimum Gasteiger partial charge on any atom is -0.347 e. The molecule has 1 saturated heterocycles. The van der Waals surface area contributed by atoms with Gasteiger partial charge in [-0.25, -0.2) is 0 Å². The summed E-state index contributed by atoms with van der Waals surface area (Å²) in [7, 11) is 0. The molecule has 2 aromatic heterocycles. The number of benzene rings is 2. The summed E-state index contributed by atoms with van der Waals surface area (Å²) in [6.45, 7) is 3.29. The number of aromatic nitrogens is 4. The molecule has 4 aromatic rings. The average molecular weight is 341 g/mol. The predicted molar refractivity (Wildman–Crippen MR) is 102 cm³/mol. The molecular weight excluding hydrogens is 322 g/mol. The first kappa shape index (κ1) is 15.1. The van der Waals surface area contributed by atoms with Crippen molar-refractivity contribution < 1.29 is 0 Å². The molecule has 128 valence electrons. The first-order chi connectivity index (χ1) is 12.8. The van der Waals surface area contributed by atoms with Crippen LogP contribution in [-0.4, -0.2) is 26.4 Å². The van der Waals surface area contributed by atoms with Gasteiger partial charge in [-0.2, -0.15) is 4.52 Å². The number of hydrogen-bond donors (Lipinski definition) is 0. The van der Waals surface area contributed by atoms with Crippen molar-refractivity contribution in [2.75, 3.05) is 11.4 Å². The van der Waals surface area contributed by atoms with Crippen molar-refractivity contribution in [2.45, 2.75) is 13.0 Å². The average Bonchev–Trinajstić information content (AvgIpc) is 3.10. The van der Waals surface area contributed by atoms with Crippen LogP contribution in [0.4, 0.5) is 5.82 Å². The Morgan fingerprint density at radius 2 is 1.58 bits per heavy atom. The first-order valence-corrected chi connectivity index (χ1v) is 8.91. The number of fused-ring (bicyclic) bond motifs is 1. The lowest BCUT2D eigenvalue weighted by Gasteiger charge is -2.47. The van der Waals surface area contributed by atoms with Crippen LogP contribution in [0.2, 0.25) is 0 Å². The highest BCUT2D eigenvalue weighted by molar-refractivity contribution is 5.60. The second kappa shape index (κ2) is 5.95. The molecule has 0 spiro atoms. The lowest BCUT2D eigenvalue weighted by Crippen LogP contribution is -2.49. The highest BCUT2D eigenvalue weighted by Crippen LogP contribution is 2.41. The van der Waals surface area contributed by atoms with Crippen LogP contribution in [0.1, 0.15) is 18.5 Å². The molecule has 0 amide bonds. The molecular formula is C21H19N5. The van der Waals surface area contributed by atoms with Crippen LogP contribution in [0.5, 0.6) is 0 Å². The molecule has 2 atom stereocenters. The third kappa shape index (κ3) is 2.36. The van der Waals surface area contributed by atoms with Crippen LogP contribution in [0.3, 0.4) is 0 Å². The summed E-state index contributed by atoms with van der Waals surface area (Å²) in [5.41, 5.74) is 3.11. The molecule has 0 aliphatic carbocycles. The topological polar surface area (TPSA) is 46.3 Å². The largest absolute Gasteiger partial charge is 0.347 e. The van der Waals surface area contributed by atoms with Crippen LogP contribution >= 0.6 is 0 Å². The number of hydrogen-bond acceptors (Lipinski definition) is 4. The van der Waals surface area contributed by atoms with E-state index in [1.54, 1.807) is 0 Å². The molecule has 3 heterocycles. The van der Waals surface area contributed by atoms with E-state index in [4.69, 9.17) is 5.10 Å². The van der Waals surface area contributed by atoms with E-state index < -0.39 is 0 Å². The van der Waals surface area contributed by atoms with Crippen LogP contribution in [0.15, 0.2) is 72.8 Å². The smallest absolute Gasteiger partial charge is 0.185 e. The molecule has 1 aliphatic rings. The van der Waals surface area contributed by atoms with E-state index in [0.717, 1.165) is 29.4 Å². The van der Waals surface area contributed by atoms with Gasteiger partial charge in [-0.05, 0) is 23.6 Å². The fourth-order valence-corrected chi connectivity index (χ4v) is 3.79. The highest BCUT2D eigenvalue weighted by atomic mass is 15.4. The second-order valence-corrected chi connectivity index (χ2v) is 6.84. The summed E-state index contributed by atoms with van der Waals surface area (Å²) in [5.74, 6) is 2.33. The maximum Gasteiger partial charge on any atom is 0.185 e. The molecule has 1 aliphatic heterocycles. The summed E-state index contributed by atoms with van der Waals surface area (Å²) < 4.78 is 1.84. The van der Waals surface area contributed by atoms with Crippen molar-refractivity contribution in [1.82, 2.24) is 19.8 Å². The van der Waals surface area contributed by atoms with Crippen molar-refractivity contribution in [2.24, 2.45) is 5.92 Å². The molecule has 0 unspecified atom stereocenters. The molecule has 1 fully saturated rings. The number of anilines is 1. The molecule has 5 heteroatoms. The van der Waals surface area contributed by atoms with Crippen LogP contribution in [0.25, 0.3) is 17.0 Å². The van der Waals surface area contributed by atoms with Gasteiger partial charge in [-0.1, -0.05) is 67.6 Å². The first-order valence-electron chi connectivity index (χ1n) is 8.91. The van der Waals surface area contributed by atoms with Gasteiger partial charge in [0, 0.05) is 12.1 Å². The van der Waals surface area contributed by atoms with Gasteiger partial charge in [-0.15, -0.1) is 15.3 Å². The monoisotopic (exact) mass is 341 g/mol.